The first-order valence-electron chi connectivity index (χ1n) is 4.74. The van der Waals surface area contributed by atoms with Crippen molar-refractivity contribution in [3.63, 3.8) is 0 Å². The molecule has 0 saturated carbocycles. The van der Waals surface area contributed by atoms with Gasteiger partial charge >= 0.3 is 0 Å². The van der Waals surface area contributed by atoms with Gasteiger partial charge in [-0.3, -0.25) is 0 Å². The van der Waals surface area contributed by atoms with Gasteiger partial charge in [-0.25, -0.2) is 0 Å². The third-order valence-corrected chi connectivity index (χ3v) is 3.85. The molecular weight excluding hydrogens is 287 g/mol. The van der Waals surface area contributed by atoms with Crippen LogP contribution in [0.15, 0.2) is 0 Å². The van der Waals surface area contributed by atoms with Crippen molar-refractivity contribution in [2.24, 2.45) is 0 Å². The molecule has 0 bridgehead atoms. The number of thiol groups is 1. The summed E-state index contributed by atoms with van der Waals surface area (Å²) < 4.78 is 10.8. The van der Waals surface area contributed by atoms with Crippen molar-refractivity contribution >= 4 is 56.7 Å². The summed E-state index contributed by atoms with van der Waals surface area (Å²) in [7, 11) is 0. The lowest BCUT2D eigenvalue weighted by atomic mass is 10.4. The van der Waals surface area contributed by atoms with Crippen molar-refractivity contribution in [3.05, 3.63) is 0 Å². The van der Waals surface area contributed by atoms with E-state index >= 15 is 0 Å². The Bertz CT molecular complexity index is 155. The molecule has 7 heteroatoms. The summed E-state index contributed by atoms with van der Waals surface area (Å²) in [6.45, 7) is 5.57. The van der Waals surface area contributed by atoms with Gasteiger partial charge in [0.05, 0.1) is 13.2 Å². The van der Waals surface area contributed by atoms with Gasteiger partial charge in [0.25, 0.3) is 0 Å². The van der Waals surface area contributed by atoms with Gasteiger partial charge in [0.2, 0.25) is 5.69 Å². The quantitative estimate of drug-likeness (QED) is 0.415. The Hall–Kier alpha value is 1.62. The van der Waals surface area contributed by atoms with Crippen molar-refractivity contribution in [2.45, 2.75) is 39.5 Å². The Morgan fingerprint density at radius 3 is 1.60 bits per heavy atom. The van der Waals surface area contributed by atoms with E-state index in [0.29, 0.717) is 13.2 Å². The number of hydrogen-bond acceptors (Lipinski definition) is 3. The van der Waals surface area contributed by atoms with Gasteiger partial charge in [0, 0.05) is 0 Å². The van der Waals surface area contributed by atoms with Gasteiger partial charge in [-0.2, -0.15) is 27.0 Å². The minimum Gasteiger partial charge on any atom is -0.322 e. The van der Waals surface area contributed by atoms with Crippen LogP contribution in [0.4, 0.5) is 0 Å². The van der Waals surface area contributed by atoms with Crippen molar-refractivity contribution in [2.75, 3.05) is 13.2 Å². The summed E-state index contributed by atoms with van der Waals surface area (Å²) in [6.07, 6.45) is 4.27. The van der Waals surface area contributed by atoms with Gasteiger partial charge in [-0.15, -0.1) is 0 Å². The standard InChI is InChI=1S/C8H19O2PS2.2H2S/c1-3-5-7-9-11(12,13)10-8-6-4-2;;/h3-8H2,1-2H3,(H,12,13);2*1H2. The van der Waals surface area contributed by atoms with E-state index in [1.807, 2.05) is 0 Å². The average Bonchev–Trinajstić information content (AvgIpc) is 2.05. The molecule has 0 radical (unpaired) electrons. The summed E-state index contributed by atoms with van der Waals surface area (Å²) in [4.78, 5) is 0. The first kappa shape index (κ1) is 21.9. The third kappa shape index (κ3) is 15.6. The minimum absolute atomic E-state index is 0. The fourth-order valence-corrected chi connectivity index (χ4v) is 2.42. The van der Waals surface area contributed by atoms with Gasteiger partial charge < -0.3 is 9.05 Å². The molecule has 0 saturated heterocycles. The Morgan fingerprint density at radius 2 is 1.33 bits per heavy atom. The molecule has 0 N–H and O–H groups in total. The Kier molecular flexibility index (Phi) is 19.9. The third-order valence-electron chi connectivity index (χ3n) is 1.50. The van der Waals surface area contributed by atoms with Gasteiger partial charge in [-0.1, -0.05) is 38.9 Å². The molecule has 0 aromatic rings. The SMILES string of the molecule is CCCCOP(=S)(S)OCCCC.S.S. The summed E-state index contributed by atoms with van der Waals surface area (Å²) in [5.74, 6) is 0. The molecule has 0 heterocycles. The van der Waals surface area contributed by atoms with Crippen LogP contribution in [-0.2, 0) is 20.9 Å². The Morgan fingerprint density at radius 1 is 1.00 bits per heavy atom. The molecule has 0 spiro atoms. The van der Waals surface area contributed by atoms with E-state index in [2.05, 4.69) is 26.1 Å². The fourth-order valence-electron chi connectivity index (χ4n) is 0.686. The van der Waals surface area contributed by atoms with E-state index in [1.165, 1.54) is 0 Å². The van der Waals surface area contributed by atoms with E-state index in [4.69, 9.17) is 20.9 Å². The Balaban J connectivity index is -0.000000720. The lowest BCUT2D eigenvalue weighted by Crippen LogP contribution is -1.94. The molecule has 0 aromatic heterocycles. The molecule has 0 fully saturated rings. The summed E-state index contributed by atoms with van der Waals surface area (Å²) in [5, 5.41) is 0. The van der Waals surface area contributed by atoms with Crippen LogP contribution < -0.4 is 0 Å². The molecule has 0 aliphatic carbocycles. The molecular formula is C8H23O2PS4. The highest BCUT2D eigenvalue weighted by atomic mass is 32.9. The van der Waals surface area contributed by atoms with Crippen molar-refractivity contribution in [1.29, 1.82) is 0 Å². The van der Waals surface area contributed by atoms with Crippen LogP contribution in [0, 0.1) is 0 Å². The van der Waals surface area contributed by atoms with Crippen LogP contribution in [0.1, 0.15) is 39.5 Å². The molecule has 0 aliphatic heterocycles. The zero-order valence-corrected chi connectivity index (χ0v) is 14.0. The maximum Gasteiger partial charge on any atom is 0.244 e. The molecule has 2 nitrogen and oxygen atoms in total. The molecule has 0 aliphatic rings. The van der Waals surface area contributed by atoms with Gasteiger partial charge in [0.1, 0.15) is 0 Å². The maximum absolute atomic E-state index is 5.38. The van der Waals surface area contributed by atoms with Crippen molar-refractivity contribution in [1.82, 2.24) is 0 Å². The normalized spacial score (nSPS) is 10.3. The first-order chi connectivity index (χ1) is 6.12. The smallest absolute Gasteiger partial charge is 0.244 e. The van der Waals surface area contributed by atoms with E-state index in [9.17, 15) is 0 Å². The fraction of sp³-hybridized carbons (Fsp3) is 1.00. The van der Waals surface area contributed by atoms with Gasteiger partial charge in [-0.05, 0) is 24.6 Å². The molecule has 0 amide bonds. The predicted molar refractivity (Wildman–Crippen MR) is 85.8 cm³/mol. The first-order valence-corrected chi connectivity index (χ1v) is 8.53. The van der Waals surface area contributed by atoms with E-state index in [0.717, 1.165) is 25.7 Å². The molecule has 0 rings (SSSR count). The lowest BCUT2D eigenvalue weighted by molar-refractivity contribution is 0.253. The predicted octanol–water partition coefficient (Wildman–Crippen LogP) is 4.00. The van der Waals surface area contributed by atoms with Crippen molar-refractivity contribution < 1.29 is 9.05 Å². The largest absolute Gasteiger partial charge is 0.322 e. The lowest BCUT2D eigenvalue weighted by Gasteiger charge is -2.15. The molecule has 15 heavy (non-hydrogen) atoms. The van der Waals surface area contributed by atoms with E-state index in [-0.39, 0.29) is 27.0 Å². The number of unbranched alkanes of at least 4 members (excludes halogenated alkanes) is 2. The van der Waals surface area contributed by atoms with Crippen LogP contribution >= 0.6 is 44.9 Å². The van der Waals surface area contributed by atoms with Gasteiger partial charge in [0.15, 0.2) is 0 Å². The van der Waals surface area contributed by atoms with Crippen molar-refractivity contribution in [3.8, 4) is 0 Å². The highest BCUT2D eigenvalue weighted by molar-refractivity contribution is 8.60. The zero-order valence-electron chi connectivity index (χ0n) is 9.36. The van der Waals surface area contributed by atoms with E-state index in [1.54, 1.807) is 0 Å². The van der Waals surface area contributed by atoms with Crippen LogP contribution in [-0.4, -0.2) is 13.2 Å². The second-order valence-corrected chi connectivity index (χ2v) is 8.13. The van der Waals surface area contributed by atoms with Crippen LogP contribution in [0.3, 0.4) is 0 Å². The second kappa shape index (κ2) is 13.7. The highest BCUT2D eigenvalue weighted by Crippen LogP contribution is 2.53. The van der Waals surface area contributed by atoms with Crippen LogP contribution in [0.2, 0.25) is 0 Å². The maximum atomic E-state index is 5.38. The monoisotopic (exact) mass is 310 g/mol. The minimum atomic E-state index is -2.22. The summed E-state index contributed by atoms with van der Waals surface area (Å²) in [6, 6.07) is 0. The highest BCUT2D eigenvalue weighted by Gasteiger charge is 2.11. The zero-order chi connectivity index (χ0) is 10.2. The number of hydrogen-bond donors (Lipinski definition) is 1. The molecule has 96 valence electrons. The second-order valence-electron chi connectivity index (χ2n) is 2.84. The van der Waals surface area contributed by atoms with Crippen LogP contribution in [0.5, 0.6) is 0 Å². The summed E-state index contributed by atoms with van der Waals surface area (Å²) in [5.41, 5.74) is -2.22. The molecule has 0 atom stereocenters. The van der Waals surface area contributed by atoms with Crippen LogP contribution in [0.25, 0.3) is 0 Å². The topological polar surface area (TPSA) is 18.5 Å². The van der Waals surface area contributed by atoms with E-state index < -0.39 is 5.69 Å². The molecule has 0 aromatic carbocycles. The number of rotatable bonds is 8. The Labute approximate surface area is 118 Å². The summed E-state index contributed by atoms with van der Waals surface area (Å²) >= 11 is 9.31. The molecule has 0 unspecified atom stereocenters. The average molecular weight is 311 g/mol.